The smallest absolute Gasteiger partial charge is 0.264 e. The number of benzene rings is 3. The molecule has 1 saturated heterocycles. The largest absolute Gasteiger partial charge is 0.484 e. The highest BCUT2D eigenvalue weighted by Crippen LogP contribution is 2.26. The second kappa shape index (κ2) is 12.2. The summed E-state index contributed by atoms with van der Waals surface area (Å²) in [5, 5.41) is 6.44. The number of nitrogens with one attached hydrogen (secondary N) is 2. The Bertz CT molecular complexity index is 1320. The van der Waals surface area contributed by atoms with Gasteiger partial charge in [-0.1, -0.05) is 23.7 Å². The van der Waals surface area contributed by atoms with Gasteiger partial charge in [-0.25, -0.2) is 4.39 Å². The van der Waals surface area contributed by atoms with Crippen LogP contribution in [0.5, 0.6) is 5.75 Å². The second-order valence-electron chi connectivity index (χ2n) is 8.97. The van der Waals surface area contributed by atoms with E-state index in [0.717, 1.165) is 22.5 Å². The van der Waals surface area contributed by atoms with Gasteiger partial charge in [-0.3, -0.25) is 14.9 Å². The summed E-state index contributed by atoms with van der Waals surface area (Å²) in [7, 11) is 0. The van der Waals surface area contributed by atoms with Gasteiger partial charge in [0.2, 0.25) is 0 Å². The van der Waals surface area contributed by atoms with Crippen LogP contribution in [0.25, 0.3) is 0 Å². The van der Waals surface area contributed by atoms with Crippen LogP contribution in [0.15, 0.2) is 60.7 Å². The number of halogens is 2. The van der Waals surface area contributed by atoms with Crippen LogP contribution in [0.2, 0.25) is 5.02 Å². The van der Waals surface area contributed by atoms with Gasteiger partial charge >= 0.3 is 0 Å². The minimum atomic E-state index is -0.503. The second-order valence-corrected chi connectivity index (χ2v) is 9.75. The van der Waals surface area contributed by atoms with E-state index in [1.807, 2.05) is 38.1 Å². The molecule has 1 aliphatic rings. The number of ether oxygens (including phenoxy) is 1. The summed E-state index contributed by atoms with van der Waals surface area (Å²) in [6.07, 6.45) is 0. The molecular formula is C28H28ClFN4O3S. The molecule has 1 aliphatic heterocycles. The van der Waals surface area contributed by atoms with Gasteiger partial charge in [0, 0.05) is 42.6 Å². The summed E-state index contributed by atoms with van der Waals surface area (Å²) in [5.74, 6) is -0.614. The van der Waals surface area contributed by atoms with Crippen LogP contribution >= 0.6 is 23.8 Å². The van der Waals surface area contributed by atoms with Crippen molar-refractivity contribution in [1.82, 2.24) is 10.2 Å². The third-order valence-corrected chi connectivity index (χ3v) is 6.99. The van der Waals surface area contributed by atoms with Crippen LogP contribution in [-0.2, 0) is 4.79 Å². The molecule has 0 spiro atoms. The first-order valence-corrected chi connectivity index (χ1v) is 12.9. The summed E-state index contributed by atoms with van der Waals surface area (Å²) in [6.45, 7) is 5.83. The van der Waals surface area contributed by atoms with Gasteiger partial charge in [-0.2, -0.15) is 0 Å². The topological polar surface area (TPSA) is 73.9 Å². The lowest BCUT2D eigenvalue weighted by molar-refractivity contribution is -0.121. The molecule has 3 aromatic rings. The van der Waals surface area contributed by atoms with E-state index in [0.29, 0.717) is 37.0 Å². The fourth-order valence-corrected chi connectivity index (χ4v) is 4.53. The third-order valence-electron chi connectivity index (χ3n) is 6.19. The molecule has 2 amide bonds. The number of anilines is 2. The zero-order chi connectivity index (χ0) is 27.2. The molecule has 10 heteroatoms. The zero-order valence-corrected chi connectivity index (χ0v) is 22.7. The van der Waals surface area contributed by atoms with Crippen LogP contribution in [0.3, 0.4) is 0 Å². The highest BCUT2D eigenvalue weighted by atomic mass is 35.5. The third kappa shape index (κ3) is 6.79. The number of carbonyl (C=O) groups excluding carboxylic acids is 2. The molecule has 0 aliphatic carbocycles. The van der Waals surface area contributed by atoms with Crippen molar-refractivity contribution in [2.45, 2.75) is 13.8 Å². The molecule has 3 aromatic carbocycles. The number of aryl methyl sites for hydroxylation is 2. The number of carbonyl (C=O) groups is 2. The van der Waals surface area contributed by atoms with E-state index in [1.165, 1.54) is 12.1 Å². The maximum Gasteiger partial charge on any atom is 0.264 e. The molecule has 0 bridgehead atoms. The van der Waals surface area contributed by atoms with Gasteiger partial charge in [0.05, 0.1) is 5.56 Å². The van der Waals surface area contributed by atoms with Crippen molar-refractivity contribution in [3.8, 4) is 5.75 Å². The van der Waals surface area contributed by atoms with Gasteiger partial charge in [-0.05, 0) is 85.7 Å². The monoisotopic (exact) mass is 554 g/mol. The van der Waals surface area contributed by atoms with Crippen molar-refractivity contribution < 1.29 is 18.7 Å². The molecule has 0 radical (unpaired) electrons. The number of rotatable bonds is 6. The molecule has 0 saturated carbocycles. The van der Waals surface area contributed by atoms with Crippen molar-refractivity contribution >= 4 is 52.1 Å². The van der Waals surface area contributed by atoms with E-state index in [2.05, 4.69) is 15.5 Å². The molecule has 2 N–H and O–H groups in total. The van der Waals surface area contributed by atoms with Crippen molar-refractivity contribution in [2.24, 2.45) is 0 Å². The quantitative estimate of drug-likeness (QED) is 0.420. The SMILES string of the molecule is Cc1cc(OCC(=O)NC(=S)Nc2ccc(N3CCN(C(=O)c4ccccc4F)CC3)cc2)cc(C)c1Cl. The molecular weight excluding hydrogens is 527 g/mol. The number of hydrogen-bond acceptors (Lipinski definition) is 5. The Kier molecular flexibility index (Phi) is 8.81. The fourth-order valence-electron chi connectivity index (χ4n) is 4.19. The van der Waals surface area contributed by atoms with Crippen molar-refractivity contribution in [2.75, 3.05) is 43.0 Å². The van der Waals surface area contributed by atoms with Crippen LogP contribution in [0.4, 0.5) is 15.8 Å². The van der Waals surface area contributed by atoms with Gasteiger partial charge in [-0.15, -0.1) is 0 Å². The van der Waals surface area contributed by atoms with E-state index < -0.39 is 5.82 Å². The molecule has 38 heavy (non-hydrogen) atoms. The molecule has 198 valence electrons. The standard InChI is InChI=1S/C28H28ClFN4O3S/c1-18-15-22(16-19(2)26(18)29)37-17-25(35)32-28(38)31-20-7-9-21(10-8-20)33-11-13-34(14-12-33)27(36)23-5-3-4-6-24(23)30/h3-10,15-16H,11-14,17H2,1-2H3,(H2,31,32,35,38). The summed E-state index contributed by atoms with van der Waals surface area (Å²) in [6, 6.07) is 17.2. The Morgan fingerprint density at radius 1 is 1.00 bits per heavy atom. The minimum absolute atomic E-state index is 0.0983. The van der Waals surface area contributed by atoms with Gasteiger partial charge in [0.1, 0.15) is 11.6 Å². The Morgan fingerprint density at radius 2 is 1.63 bits per heavy atom. The summed E-state index contributed by atoms with van der Waals surface area (Å²) in [5.41, 5.74) is 3.56. The van der Waals surface area contributed by atoms with Crippen LogP contribution in [-0.4, -0.2) is 54.6 Å². The summed E-state index contributed by atoms with van der Waals surface area (Å²) < 4.78 is 19.5. The highest BCUT2D eigenvalue weighted by molar-refractivity contribution is 7.80. The van der Waals surface area contributed by atoms with Gasteiger partial charge in [0.15, 0.2) is 11.7 Å². The Morgan fingerprint density at radius 3 is 2.26 bits per heavy atom. The van der Waals surface area contributed by atoms with Crippen molar-refractivity contribution in [3.05, 3.63) is 88.2 Å². The van der Waals surface area contributed by atoms with Gasteiger partial charge in [0.25, 0.3) is 11.8 Å². The lowest BCUT2D eigenvalue weighted by Gasteiger charge is -2.36. The predicted octanol–water partition coefficient (Wildman–Crippen LogP) is 4.95. The first-order valence-electron chi connectivity index (χ1n) is 12.1. The normalized spacial score (nSPS) is 13.2. The highest BCUT2D eigenvalue weighted by Gasteiger charge is 2.24. The Balaban J connectivity index is 1.23. The van der Waals surface area contributed by atoms with Crippen LogP contribution in [0.1, 0.15) is 21.5 Å². The lowest BCUT2D eigenvalue weighted by atomic mass is 10.1. The van der Waals surface area contributed by atoms with Crippen molar-refractivity contribution in [3.63, 3.8) is 0 Å². The molecule has 7 nitrogen and oxygen atoms in total. The van der Waals surface area contributed by atoms with E-state index in [-0.39, 0.29) is 29.1 Å². The molecule has 0 atom stereocenters. The number of amides is 2. The Hall–Kier alpha value is -3.69. The predicted molar refractivity (Wildman–Crippen MR) is 152 cm³/mol. The van der Waals surface area contributed by atoms with Crippen LogP contribution < -0.4 is 20.3 Å². The molecule has 1 fully saturated rings. The Labute approximate surface area is 231 Å². The number of nitrogens with zero attached hydrogens (tertiary/aromatic N) is 2. The summed E-state index contributed by atoms with van der Waals surface area (Å²) >= 11 is 11.4. The van der Waals surface area contributed by atoms with Gasteiger partial charge < -0.3 is 19.9 Å². The number of piperazine rings is 1. The van der Waals surface area contributed by atoms with Crippen molar-refractivity contribution in [1.29, 1.82) is 0 Å². The average Bonchev–Trinajstić information content (AvgIpc) is 2.91. The maximum atomic E-state index is 14.0. The van der Waals surface area contributed by atoms with E-state index in [9.17, 15) is 14.0 Å². The fraction of sp³-hybridized carbons (Fsp3) is 0.250. The van der Waals surface area contributed by atoms with E-state index >= 15 is 0 Å². The molecule has 1 heterocycles. The minimum Gasteiger partial charge on any atom is -0.484 e. The average molecular weight is 555 g/mol. The molecule has 0 unspecified atom stereocenters. The number of thiocarbonyl (C=S) groups is 1. The lowest BCUT2D eigenvalue weighted by Crippen LogP contribution is -2.49. The zero-order valence-electron chi connectivity index (χ0n) is 21.1. The van der Waals surface area contributed by atoms with Crippen LogP contribution in [0, 0.1) is 19.7 Å². The first-order chi connectivity index (χ1) is 18.2. The first kappa shape index (κ1) is 27.3. The maximum absolute atomic E-state index is 14.0. The van der Waals surface area contributed by atoms with E-state index in [4.69, 9.17) is 28.6 Å². The summed E-state index contributed by atoms with van der Waals surface area (Å²) in [4.78, 5) is 28.7. The molecule has 0 aromatic heterocycles. The molecule has 4 rings (SSSR count). The van der Waals surface area contributed by atoms with E-state index in [1.54, 1.807) is 29.2 Å². The number of hydrogen-bond donors (Lipinski definition) is 2.